The van der Waals surface area contributed by atoms with Crippen molar-refractivity contribution in [3.63, 3.8) is 0 Å². The zero-order valence-electron chi connectivity index (χ0n) is 44.7. The monoisotopic (exact) mass is 1090 g/mol. The van der Waals surface area contributed by atoms with Gasteiger partial charge in [0, 0.05) is 25.6 Å². The summed E-state index contributed by atoms with van der Waals surface area (Å²) in [7, 11) is -1.93. The van der Waals surface area contributed by atoms with Gasteiger partial charge in [-0.1, -0.05) is 0 Å². The second-order valence-electron chi connectivity index (χ2n) is 18.5. The molecule has 0 N–H and O–H groups in total. The molecule has 412 valence electrons. The lowest BCUT2D eigenvalue weighted by Crippen LogP contribution is -2.31. The lowest BCUT2D eigenvalue weighted by atomic mass is 10.2. The van der Waals surface area contributed by atoms with Crippen molar-refractivity contribution >= 4 is 19.7 Å². The zero-order valence-corrected chi connectivity index (χ0v) is 46.3. The molecule has 2 saturated heterocycles. The van der Waals surface area contributed by atoms with Crippen molar-refractivity contribution in [3.05, 3.63) is 83.5 Å². The maximum Gasteiger partial charge on any atom is 0.245 e. The zero-order chi connectivity index (χ0) is 54.9. The summed E-state index contributed by atoms with van der Waals surface area (Å²) in [5.74, 6) is 0.948. The van der Waals surface area contributed by atoms with Gasteiger partial charge in [0.25, 0.3) is 0 Å². The third kappa shape index (κ3) is 13.0. The van der Waals surface area contributed by atoms with E-state index in [-0.39, 0.29) is 59.6 Å². The lowest BCUT2D eigenvalue weighted by molar-refractivity contribution is 0.00360. The molecule has 0 amide bonds. The van der Waals surface area contributed by atoms with Crippen LogP contribution in [0.15, 0.2) is 37.4 Å². The third-order valence-electron chi connectivity index (χ3n) is 12.3. The van der Waals surface area contributed by atoms with Gasteiger partial charge in [0.05, 0.1) is 86.3 Å². The molecule has 2 aliphatic rings. The molecule has 6 aromatic rings. The Morgan fingerprint density at radius 3 is 1.16 bits per heavy atom. The summed E-state index contributed by atoms with van der Waals surface area (Å²) in [6, 6.07) is 0. The Labute approximate surface area is 441 Å². The van der Waals surface area contributed by atoms with Gasteiger partial charge in [-0.3, -0.25) is 29.1 Å². The Morgan fingerprint density at radius 1 is 0.526 bits per heavy atom. The van der Waals surface area contributed by atoms with Gasteiger partial charge in [0.2, 0.25) is 23.5 Å². The number of aryl methyl sites for hydroxylation is 2. The minimum Gasteiger partial charge on any atom is -0.479 e. The standard InChI is InChI=1S/2C24H33N7O6S/c2*1-14(2)37-21(17-11-25-15(3)10-26-17)16(4)38(32,33)12-19-29-30-22(18-8-7-9-36-18)31(19)20-23(34-5)27-13-28-24(20)35-6/h2*10-11,13-14,16,18,21H,7-9,12H2,1-6H3/t16-,18+,21+;16-,18-,21+/m00/s1. The van der Waals surface area contributed by atoms with Crippen molar-refractivity contribution < 1.29 is 54.7 Å². The summed E-state index contributed by atoms with van der Waals surface area (Å²) < 4.78 is 104. The molecule has 0 saturated carbocycles. The van der Waals surface area contributed by atoms with Gasteiger partial charge in [-0.15, -0.1) is 20.4 Å². The molecule has 0 aliphatic carbocycles. The second kappa shape index (κ2) is 25.1. The van der Waals surface area contributed by atoms with Crippen LogP contribution < -0.4 is 18.9 Å². The molecule has 2 aliphatic heterocycles. The molecule has 28 heteroatoms. The predicted octanol–water partition coefficient (Wildman–Crippen LogP) is 4.99. The summed E-state index contributed by atoms with van der Waals surface area (Å²) in [5.41, 5.74) is 2.89. The van der Waals surface area contributed by atoms with Crippen LogP contribution in [0.25, 0.3) is 11.4 Å². The summed E-state index contributed by atoms with van der Waals surface area (Å²) in [6.07, 6.45) is 9.01. The van der Waals surface area contributed by atoms with Crippen LogP contribution in [0.2, 0.25) is 0 Å². The highest BCUT2D eigenvalue weighted by Gasteiger charge is 2.39. The molecule has 8 heterocycles. The highest BCUT2D eigenvalue weighted by molar-refractivity contribution is 7.91. The molecule has 0 radical (unpaired) electrons. The second-order valence-corrected chi connectivity index (χ2v) is 23.2. The number of methoxy groups -OCH3 is 4. The number of hydrogen-bond acceptors (Lipinski definition) is 24. The average Bonchev–Trinajstić information content (AvgIpc) is 4.26. The highest BCUT2D eigenvalue weighted by Crippen LogP contribution is 2.39. The first-order chi connectivity index (χ1) is 36.3. The Morgan fingerprint density at radius 2 is 0.882 bits per heavy atom. The van der Waals surface area contributed by atoms with E-state index in [1.165, 1.54) is 41.1 Å². The molecular formula is C48H66N14O12S2. The van der Waals surface area contributed by atoms with Crippen molar-refractivity contribution in [2.24, 2.45) is 0 Å². The van der Waals surface area contributed by atoms with E-state index in [9.17, 15) is 16.8 Å². The summed E-state index contributed by atoms with van der Waals surface area (Å²) in [6.45, 7) is 15.3. The van der Waals surface area contributed by atoms with Crippen LogP contribution in [0, 0.1) is 13.8 Å². The number of aromatic nitrogens is 14. The van der Waals surface area contributed by atoms with Gasteiger partial charge in [-0.05, 0) is 81.1 Å². The van der Waals surface area contributed by atoms with E-state index in [1.54, 1.807) is 47.8 Å². The van der Waals surface area contributed by atoms with Crippen molar-refractivity contribution in [3.8, 4) is 34.9 Å². The normalized spacial score (nSPS) is 17.5. The molecule has 26 nitrogen and oxygen atoms in total. The molecule has 6 atom stereocenters. The quantitative estimate of drug-likeness (QED) is 0.0864. The van der Waals surface area contributed by atoms with Crippen LogP contribution in [0.1, 0.15) is 138 Å². The van der Waals surface area contributed by atoms with Gasteiger partial charge in [-0.25, -0.2) is 16.8 Å². The van der Waals surface area contributed by atoms with Crippen LogP contribution in [0.5, 0.6) is 23.5 Å². The first kappa shape index (κ1) is 57.2. The Balaban J connectivity index is 0.000000221. The van der Waals surface area contributed by atoms with Gasteiger partial charge >= 0.3 is 0 Å². The van der Waals surface area contributed by atoms with E-state index >= 15 is 0 Å². The van der Waals surface area contributed by atoms with Crippen molar-refractivity contribution in [1.29, 1.82) is 0 Å². The smallest absolute Gasteiger partial charge is 0.245 e. The van der Waals surface area contributed by atoms with Crippen LogP contribution in [0.4, 0.5) is 0 Å². The van der Waals surface area contributed by atoms with Crippen molar-refractivity contribution in [1.82, 2.24) is 69.4 Å². The van der Waals surface area contributed by atoms with Gasteiger partial charge in [0.15, 0.2) is 54.3 Å². The van der Waals surface area contributed by atoms with E-state index in [4.69, 9.17) is 37.9 Å². The predicted molar refractivity (Wildman–Crippen MR) is 272 cm³/mol. The minimum atomic E-state index is -3.88. The van der Waals surface area contributed by atoms with Gasteiger partial charge < -0.3 is 37.9 Å². The third-order valence-corrected chi connectivity index (χ3v) is 16.4. The van der Waals surface area contributed by atoms with E-state index < -0.39 is 53.9 Å². The molecule has 0 bridgehead atoms. The lowest BCUT2D eigenvalue weighted by Gasteiger charge is -2.26. The van der Waals surface area contributed by atoms with Crippen molar-refractivity contribution in [2.75, 3.05) is 41.7 Å². The number of sulfone groups is 2. The van der Waals surface area contributed by atoms with Crippen LogP contribution in [-0.2, 0) is 50.1 Å². The highest BCUT2D eigenvalue weighted by atomic mass is 32.2. The first-order valence-electron chi connectivity index (χ1n) is 24.6. The Bertz CT molecular complexity index is 2840. The molecule has 6 aromatic heterocycles. The molecule has 0 spiro atoms. The number of nitrogens with zero attached hydrogens (tertiary/aromatic N) is 14. The topological polar surface area (TPSA) is 307 Å². The Kier molecular flexibility index (Phi) is 18.9. The van der Waals surface area contributed by atoms with Crippen LogP contribution >= 0.6 is 0 Å². The number of rotatable bonds is 22. The fraction of sp³-hybridized carbons (Fsp3) is 0.583. The Hall–Kier alpha value is -6.46. The van der Waals surface area contributed by atoms with E-state index in [1.807, 2.05) is 41.5 Å². The SMILES string of the molecule is COc1ncnc(OC)c1-n1c(CS(=O)(=O)[C@@H](C)[C@@H](OC(C)C)c2cnc(C)cn2)nnc1[C@@H]1CCCO1.COc1ncnc(OC)c1-n1c(CS(=O)(=O)[C@@H](C)[C@@H](OC(C)C)c2cnc(C)cn2)nnc1[C@H]1CCCO1. The average molecular weight is 1100 g/mol. The fourth-order valence-electron chi connectivity index (χ4n) is 8.52. The van der Waals surface area contributed by atoms with E-state index in [0.717, 1.165) is 24.2 Å². The van der Waals surface area contributed by atoms with Crippen LogP contribution in [-0.4, -0.2) is 151 Å². The van der Waals surface area contributed by atoms with Gasteiger partial charge in [0.1, 0.15) is 48.6 Å². The van der Waals surface area contributed by atoms with E-state index in [2.05, 4.69) is 60.3 Å². The molecule has 2 fully saturated rings. The van der Waals surface area contributed by atoms with Crippen molar-refractivity contribution in [2.45, 2.75) is 140 Å². The molecule has 76 heavy (non-hydrogen) atoms. The summed E-state index contributed by atoms with van der Waals surface area (Å²) in [5, 5.41) is 15.3. The maximum absolute atomic E-state index is 13.9. The first-order valence-corrected chi connectivity index (χ1v) is 28.0. The number of ether oxygens (including phenoxy) is 8. The summed E-state index contributed by atoms with van der Waals surface area (Å²) >= 11 is 0. The molecule has 0 aromatic carbocycles. The largest absolute Gasteiger partial charge is 0.479 e. The van der Waals surface area contributed by atoms with Gasteiger partial charge in [-0.2, -0.15) is 19.9 Å². The minimum absolute atomic E-state index is 0.145. The molecule has 0 unspecified atom stereocenters. The molecule has 8 rings (SSSR count). The number of hydrogen-bond donors (Lipinski definition) is 0. The maximum atomic E-state index is 13.9. The van der Waals surface area contributed by atoms with E-state index in [0.29, 0.717) is 60.5 Å². The fourth-order valence-corrected chi connectivity index (χ4v) is 11.3. The summed E-state index contributed by atoms with van der Waals surface area (Å²) in [4.78, 5) is 34.1. The molecular weight excluding hydrogens is 1030 g/mol. The van der Waals surface area contributed by atoms with Crippen LogP contribution in [0.3, 0.4) is 0 Å².